The molecule has 7 nitrogen and oxygen atoms in total. The normalized spacial score (nSPS) is 16.3. The van der Waals surface area contributed by atoms with Crippen LogP contribution in [0.15, 0.2) is 12.4 Å². The van der Waals surface area contributed by atoms with Gasteiger partial charge in [0.25, 0.3) is 5.91 Å². The fraction of sp³-hybridized carbons (Fsp3) is 0.667. The molecule has 0 atom stereocenters. The number of anilines is 1. The van der Waals surface area contributed by atoms with Crippen LogP contribution in [-0.4, -0.2) is 65.7 Å². The number of nitrogens with one attached hydrogen (secondary N) is 2. The molecule has 1 aliphatic rings. The maximum atomic E-state index is 11.9. The number of ether oxygens (including phenoxy) is 1. The van der Waals surface area contributed by atoms with E-state index in [1.807, 2.05) is 20.8 Å². The fourth-order valence-corrected chi connectivity index (χ4v) is 2.11. The molecule has 1 aromatic rings. The summed E-state index contributed by atoms with van der Waals surface area (Å²) < 4.78 is 5.31. The van der Waals surface area contributed by atoms with Gasteiger partial charge in [-0.3, -0.25) is 9.69 Å². The summed E-state index contributed by atoms with van der Waals surface area (Å²) in [6.45, 7) is 11.1. The topological polar surface area (TPSA) is 79.4 Å². The summed E-state index contributed by atoms with van der Waals surface area (Å²) in [5.41, 5.74) is 0.0436. The van der Waals surface area contributed by atoms with Crippen molar-refractivity contribution >= 4 is 11.7 Å². The third-order valence-corrected chi connectivity index (χ3v) is 3.21. The number of aromatic nitrogens is 2. The maximum Gasteiger partial charge on any atom is 0.271 e. The number of amides is 1. The zero-order chi connectivity index (χ0) is 16.0. The maximum absolute atomic E-state index is 11.9. The summed E-state index contributed by atoms with van der Waals surface area (Å²) in [5, 5.41) is 6.08. The molecule has 0 unspecified atom stereocenters. The minimum absolute atomic E-state index is 0.208. The van der Waals surface area contributed by atoms with E-state index in [-0.39, 0.29) is 11.4 Å². The van der Waals surface area contributed by atoms with E-state index in [1.54, 1.807) is 6.20 Å². The van der Waals surface area contributed by atoms with Crippen molar-refractivity contribution in [2.24, 2.45) is 0 Å². The van der Waals surface area contributed by atoms with Gasteiger partial charge in [-0.2, -0.15) is 0 Å². The van der Waals surface area contributed by atoms with E-state index in [0.717, 1.165) is 39.4 Å². The summed E-state index contributed by atoms with van der Waals surface area (Å²) in [5.74, 6) is 0.473. The number of rotatable bonds is 5. The van der Waals surface area contributed by atoms with Crippen molar-refractivity contribution < 1.29 is 9.53 Å². The first-order chi connectivity index (χ1) is 10.4. The zero-order valence-corrected chi connectivity index (χ0v) is 13.6. The van der Waals surface area contributed by atoms with Crippen LogP contribution in [0.2, 0.25) is 0 Å². The van der Waals surface area contributed by atoms with Crippen LogP contribution < -0.4 is 10.6 Å². The molecule has 1 amide bonds. The highest BCUT2D eigenvalue weighted by Gasteiger charge is 2.16. The van der Waals surface area contributed by atoms with Gasteiger partial charge in [0.15, 0.2) is 0 Å². The third-order valence-electron chi connectivity index (χ3n) is 3.21. The van der Waals surface area contributed by atoms with Gasteiger partial charge in [-0.05, 0) is 20.8 Å². The Morgan fingerprint density at radius 2 is 2.00 bits per heavy atom. The number of carbonyl (C=O) groups excluding carboxylic acids is 1. The first kappa shape index (κ1) is 16.6. The van der Waals surface area contributed by atoms with Crippen molar-refractivity contribution in [2.75, 3.05) is 44.7 Å². The van der Waals surface area contributed by atoms with Crippen LogP contribution in [-0.2, 0) is 4.74 Å². The largest absolute Gasteiger partial charge is 0.379 e. The highest BCUT2D eigenvalue weighted by molar-refractivity contribution is 5.92. The van der Waals surface area contributed by atoms with Crippen LogP contribution in [0.1, 0.15) is 31.3 Å². The molecule has 2 rings (SSSR count). The Kier molecular flexibility index (Phi) is 5.68. The van der Waals surface area contributed by atoms with Crippen molar-refractivity contribution in [3.05, 3.63) is 18.1 Å². The molecule has 0 spiro atoms. The Morgan fingerprint density at radius 3 is 2.59 bits per heavy atom. The van der Waals surface area contributed by atoms with Crippen LogP contribution >= 0.6 is 0 Å². The van der Waals surface area contributed by atoms with Gasteiger partial charge < -0.3 is 15.4 Å². The minimum Gasteiger partial charge on any atom is -0.379 e. The molecule has 7 heteroatoms. The van der Waals surface area contributed by atoms with Crippen LogP contribution in [0.5, 0.6) is 0 Å². The van der Waals surface area contributed by atoms with Gasteiger partial charge in [0.05, 0.1) is 25.6 Å². The Hall–Kier alpha value is -1.73. The molecule has 1 fully saturated rings. The lowest BCUT2D eigenvalue weighted by Crippen LogP contribution is -2.41. The van der Waals surface area contributed by atoms with Gasteiger partial charge in [0.2, 0.25) is 0 Å². The smallest absolute Gasteiger partial charge is 0.271 e. The SMILES string of the molecule is CC(C)(C)NC(=O)c1cnc(NCCN2CCOCC2)cn1. The number of carbonyl (C=O) groups is 1. The Morgan fingerprint density at radius 1 is 1.27 bits per heavy atom. The first-order valence-corrected chi connectivity index (χ1v) is 7.62. The summed E-state index contributed by atoms with van der Waals surface area (Å²) in [6.07, 6.45) is 3.09. The summed E-state index contributed by atoms with van der Waals surface area (Å²) >= 11 is 0. The molecule has 1 saturated heterocycles. The standard InChI is InChI=1S/C15H25N5O2/c1-15(2,3)19-14(21)12-10-18-13(11-17-12)16-4-5-20-6-8-22-9-7-20/h10-11H,4-9H2,1-3H3,(H,16,18)(H,19,21). The van der Waals surface area contributed by atoms with Crippen LogP contribution in [0.4, 0.5) is 5.82 Å². The summed E-state index contributed by atoms with van der Waals surface area (Å²) in [6, 6.07) is 0. The van der Waals surface area contributed by atoms with E-state index in [9.17, 15) is 4.79 Å². The molecule has 0 saturated carbocycles. The predicted octanol–water partition coefficient (Wildman–Crippen LogP) is 0.749. The summed E-state index contributed by atoms with van der Waals surface area (Å²) in [7, 11) is 0. The Labute approximate surface area is 131 Å². The summed E-state index contributed by atoms with van der Waals surface area (Å²) in [4.78, 5) is 22.7. The molecule has 1 aliphatic heterocycles. The number of hydrogen-bond acceptors (Lipinski definition) is 6. The quantitative estimate of drug-likeness (QED) is 0.836. The average molecular weight is 307 g/mol. The van der Waals surface area contributed by atoms with E-state index < -0.39 is 0 Å². The number of nitrogens with zero attached hydrogens (tertiary/aromatic N) is 3. The number of hydrogen-bond donors (Lipinski definition) is 2. The lowest BCUT2D eigenvalue weighted by molar-refractivity contribution is 0.0398. The molecule has 22 heavy (non-hydrogen) atoms. The van der Waals surface area contributed by atoms with Crippen LogP contribution in [0.25, 0.3) is 0 Å². The molecule has 2 heterocycles. The molecular weight excluding hydrogens is 282 g/mol. The molecule has 2 N–H and O–H groups in total. The van der Waals surface area contributed by atoms with Crippen molar-refractivity contribution in [1.82, 2.24) is 20.2 Å². The highest BCUT2D eigenvalue weighted by atomic mass is 16.5. The van der Waals surface area contributed by atoms with Crippen molar-refractivity contribution in [2.45, 2.75) is 26.3 Å². The van der Waals surface area contributed by atoms with Gasteiger partial charge in [-0.15, -0.1) is 0 Å². The average Bonchev–Trinajstić information content (AvgIpc) is 2.47. The second-order valence-corrected chi connectivity index (χ2v) is 6.37. The van der Waals surface area contributed by atoms with Gasteiger partial charge in [-0.1, -0.05) is 0 Å². The third kappa shape index (κ3) is 5.57. The zero-order valence-electron chi connectivity index (χ0n) is 13.6. The number of morpholine rings is 1. The minimum atomic E-state index is -0.284. The first-order valence-electron chi connectivity index (χ1n) is 7.62. The van der Waals surface area contributed by atoms with Crippen molar-refractivity contribution in [3.8, 4) is 0 Å². The Balaban J connectivity index is 1.77. The Bertz CT molecular complexity index is 478. The lowest BCUT2D eigenvalue weighted by atomic mass is 10.1. The molecule has 0 aromatic carbocycles. The van der Waals surface area contributed by atoms with Gasteiger partial charge in [0, 0.05) is 31.7 Å². The molecule has 0 bridgehead atoms. The van der Waals surface area contributed by atoms with Gasteiger partial charge >= 0.3 is 0 Å². The lowest BCUT2D eigenvalue weighted by Gasteiger charge is -2.26. The van der Waals surface area contributed by atoms with E-state index >= 15 is 0 Å². The van der Waals surface area contributed by atoms with Gasteiger partial charge in [0.1, 0.15) is 11.5 Å². The van der Waals surface area contributed by atoms with E-state index in [0.29, 0.717) is 11.5 Å². The highest BCUT2D eigenvalue weighted by Crippen LogP contribution is 2.05. The molecule has 1 aromatic heterocycles. The second kappa shape index (κ2) is 7.51. The van der Waals surface area contributed by atoms with Crippen molar-refractivity contribution in [1.29, 1.82) is 0 Å². The molecular formula is C15H25N5O2. The predicted molar refractivity (Wildman–Crippen MR) is 85.0 cm³/mol. The van der Waals surface area contributed by atoms with E-state index in [1.165, 1.54) is 6.20 Å². The van der Waals surface area contributed by atoms with Gasteiger partial charge in [-0.25, -0.2) is 9.97 Å². The van der Waals surface area contributed by atoms with E-state index in [2.05, 4.69) is 25.5 Å². The monoisotopic (exact) mass is 307 g/mol. The van der Waals surface area contributed by atoms with Crippen molar-refractivity contribution in [3.63, 3.8) is 0 Å². The second-order valence-electron chi connectivity index (χ2n) is 6.37. The fourth-order valence-electron chi connectivity index (χ4n) is 2.11. The van der Waals surface area contributed by atoms with E-state index in [4.69, 9.17) is 4.74 Å². The van der Waals surface area contributed by atoms with Crippen LogP contribution in [0.3, 0.4) is 0 Å². The molecule has 0 radical (unpaired) electrons. The molecule has 0 aliphatic carbocycles. The van der Waals surface area contributed by atoms with Crippen LogP contribution in [0, 0.1) is 0 Å². The molecule has 122 valence electrons.